The summed E-state index contributed by atoms with van der Waals surface area (Å²) >= 11 is 4.58. The van der Waals surface area contributed by atoms with Gasteiger partial charge in [-0.1, -0.05) is 58.0 Å². The average molecular weight is 497 g/mol. The molecule has 0 aliphatic carbocycles. The monoisotopic (exact) mass is 496 g/mol. The van der Waals surface area contributed by atoms with Crippen molar-refractivity contribution in [3.05, 3.63) is 77.0 Å². The molecular weight excluding hydrogens is 480 g/mol. The van der Waals surface area contributed by atoms with Crippen molar-refractivity contribution in [3.8, 4) is 11.3 Å². The first-order valence-corrected chi connectivity index (χ1v) is 11.0. The maximum atomic E-state index is 12.2. The predicted molar refractivity (Wildman–Crippen MR) is 126 cm³/mol. The van der Waals surface area contributed by atoms with E-state index in [-0.39, 0.29) is 18.2 Å². The van der Waals surface area contributed by atoms with E-state index in [0.29, 0.717) is 16.6 Å². The van der Waals surface area contributed by atoms with Crippen molar-refractivity contribution in [2.45, 2.75) is 11.7 Å². The summed E-state index contributed by atoms with van der Waals surface area (Å²) in [5.74, 6) is 0.752. The molecular formula is C22H17BrN4O3S. The number of rotatable bonds is 6. The minimum Gasteiger partial charge on any atom is -0.455 e. The van der Waals surface area contributed by atoms with Crippen molar-refractivity contribution in [1.82, 2.24) is 5.32 Å². The van der Waals surface area contributed by atoms with Crippen LogP contribution in [0.1, 0.15) is 12.2 Å². The minimum atomic E-state index is -0.551. The van der Waals surface area contributed by atoms with Gasteiger partial charge in [0.25, 0.3) is 0 Å². The Morgan fingerprint density at radius 2 is 1.90 bits per heavy atom. The number of hydrogen-bond donors (Lipinski definition) is 2. The molecule has 31 heavy (non-hydrogen) atoms. The number of anilines is 1. The lowest BCUT2D eigenvalue weighted by atomic mass is 10.2. The number of carbonyl (C=O) groups excluding carboxylic acids is 2. The summed E-state index contributed by atoms with van der Waals surface area (Å²) in [4.78, 5) is 24.3. The Hall–Kier alpha value is -3.17. The van der Waals surface area contributed by atoms with Crippen LogP contribution in [0.4, 0.5) is 5.69 Å². The maximum absolute atomic E-state index is 12.2. The molecule has 0 bridgehead atoms. The van der Waals surface area contributed by atoms with Crippen LogP contribution in [-0.2, 0) is 9.59 Å². The number of nitrogens with zero attached hydrogens (tertiary/aromatic N) is 2. The molecule has 9 heteroatoms. The first-order chi connectivity index (χ1) is 15.1. The standard InChI is InChI=1S/C22H17BrN4O3S/c23-15-8-6-14(7-9-15)18-11-10-17(30-18)13-24-27-22-26-21(29)19(31-22)12-20(28)25-16-4-2-1-3-5-16/h1-11,13,19H,12H2,(H,25,28)(H,26,27,29)/b24-13-/t19-/m1/s1. The predicted octanol–water partition coefficient (Wildman–Crippen LogP) is 4.66. The molecule has 0 unspecified atom stereocenters. The summed E-state index contributed by atoms with van der Waals surface area (Å²) in [7, 11) is 0. The molecule has 0 spiro atoms. The molecule has 4 rings (SSSR count). The summed E-state index contributed by atoms with van der Waals surface area (Å²) in [5.41, 5.74) is 1.64. The molecule has 0 radical (unpaired) electrons. The van der Waals surface area contributed by atoms with Gasteiger partial charge in [-0.15, -0.1) is 5.10 Å². The molecule has 3 aromatic rings. The minimum absolute atomic E-state index is 0.0445. The van der Waals surface area contributed by atoms with E-state index in [1.165, 1.54) is 18.0 Å². The Bertz CT molecular complexity index is 1140. The van der Waals surface area contributed by atoms with Crippen molar-refractivity contribution < 1.29 is 14.0 Å². The Balaban J connectivity index is 1.32. The molecule has 1 atom stereocenters. The van der Waals surface area contributed by atoms with Gasteiger partial charge in [-0.3, -0.25) is 9.59 Å². The maximum Gasteiger partial charge on any atom is 0.240 e. The second-order valence-electron chi connectivity index (χ2n) is 6.57. The zero-order valence-corrected chi connectivity index (χ0v) is 18.5. The lowest BCUT2D eigenvalue weighted by molar-refractivity contribution is -0.122. The Morgan fingerprint density at radius 3 is 2.68 bits per heavy atom. The van der Waals surface area contributed by atoms with Crippen molar-refractivity contribution in [2.24, 2.45) is 10.2 Å². The van der Waals surface area contributed by atoms with Gasteiger partial charge in [-0.25, -0.2) is 0 Å². The highest BCUT2D eigenvalue weighted by atomic mass is 79.9. The highest BCUT2D eigenvalue weighted by molar-refractivity contribution is 9.10. The molecule has 2 N–H and O–H groups in total. The number of nitrogens with one attached hydrogen (secondary N) is 2. The van der Waals surface area contributed by atoms with Gasteiger partial charge in [0.1, 0.15) is 16.8 Å². The highest BCUT2D eigenvalue weighted by Crippen LogP contribution is 2.24. The highest BCUT2D eigenvalue weighted by Gasteiger charge is 2.32. The number of halogens is 1. The van der Waals surface area contributed by atoms with Crippen LogP contribution in [0.3, 0.4) is 0 Å². The summed E-state index contributed by atoms with van der Waals surface area (Å²) in [6.07, 6.45) is 1.51. The molecule has 1 fully saturated rings. The smallest absolute Gasteiger partial charge is 0.240 e. The largest absolute Gasteiger partial charge is 0.455 e. The molecule has 7 nitrogen and oxygen atoms in total. The van der Waals surface area contributed by atoms with Crippen LogP contribution in [0, 0.1) is 0 Å². The van der Waals surface area contributed by atoms with E-state index in [1.807, 2.05) is 48.5 Å². The van der Waals surface area contributed by atoms with Gasteiger partial charge >= 0.3 is 0 Å². The van der Waals surface area contributed by atoms with E-state index < -0.39 is 5.25 Å². The van der Waals surface area contributed by atoms with Gasteiger partial charge in [0.15, 0.2) is 5.17 Å². The Labute approximate surface area is 191 Å². The van der Waals surface area contributed by atoms with E-state index in [9.17, 15) is 9.59 Å². The number of furan rings is 1. The number of thioether (sulfide) groups is 1. The molecule has 2 amide bonds. The summed E-state index contributed by atoms with van der Waals surface area (Å²) in [6, 6.07) is 20.5. The summed E-state index contributed by atoms with van der Waals surface area (Å²) in [6.45, 7) is 0. The lowest BCUT2D eigenvalue weighted by Gasteiger charge is -2.06. The third-order valence-corrected chi connectivity index (χ3v) is 5.89. The van der Waals surface area contributed by atoms with Crippen LogP contribution in [0.5, 0.6) is 0 Å². The molecule has 2 heterocycles. The van der Waals surface area contributed by atoms with E-state index in [2.05, 4.69) is 36.8 Å². The molecule has 156 valence electrons. The van der Waals surface area contributed by atoms with Crippen molar-refractivity contribution >= 4 is 56.6 Å². The van der Waals surface area contributed by atoms with Crippen LogP contribution < -0.4 is 10.6 Å². The molecule has 1 aliphatic rings. The number of carbonyl (C=O) groups is 2. The number of amidine groups is 1. The van der Waals surface area contributed by atoms with Gasteiger partial charge < -0.3 is 15.1 Å². The number of para-hydroxylation sites is 1. The molecule has 1 saturated heterocycles. The Kier molecular flexibility index (Phi) is 6.63. The third kappa shape index (κ3) is 5.71. The SMILES string of the molecule is O=C(C[C@H]1S/C(=N\N=C/c2ccc(-c3ccc(Br)cc3)o2)NC1=O)Nc1ccccc1. The zero-order chi connectivity index (χ0) is 21.6. The Morgan fingerprint density at radius 1 is 1.13 bits per heavy atom. The van der Waals surface area contributed by atoms with Crippen LogP contribution >= 0.6 is 27.7 Å². The molecule has 2 aromatic carbocycles. The van der Waals surface area contributed by atoms with E-state index in [1.54, 1.807) is 18.2 Å². The number of hydrogen-bond acceptors (Lipinski definition) is 6. The van der Waals surface area contributed by atoms with Crippen molar-refractivity contribution in [3.63, 3.8) is 0 Å². The van der Waals surface area contributed by atoms with Gasteiger partial charge in [-0.2, -0.15) is 5.10 Å². The fourth-order valence-corrected chi connectivity index (χ4v) is 4.01. The number of benzene rings is 2. The van der Waals surface area contributed by atoms with Gasteiger partial charge in [0, 0.05) is 22.1 Å². The summed E-state index contributed by atoms with van der Waals surface area (Å²) < 4.78 is 6.74. The first kappa shape index (κ1) is 21.1. The van der Waals surface area contributed by atoms with E-state index in [0.717, 1.165) is 15.8 Å². The number of amides is 2. The molecule has 1 aliphatic heterocycles. The first-order valence-electron chi connectivity index (χ1n) is 9.36. The molecule has 1 aromatic heterocycles. The van der Waals surface area contributed by atoms with Crippen molar-refractivity contribution in [1.29, 1.82) is 0 Å². The van der Waals surface area contributed by atoms with Gasteiger partial charge in [-0.05, 0) is 36.4 Å². The van der Waals surface area contributed by atoms with Crippen LogP contribution in [0.25, 0.3) is 11.3 Å². The summed E-state index contributed by atoms with van der Waals surface area (Å²) in [5, 5.41) is 13.2. The average Bonchev–Trinajstić information content (AvgIpc) is 3.36. The molecule has 0 saturated carbocycles. The second kappa shape index (κ2) is 9.76. The van der Waals surface area contributed by atoms with Crippen LogP contribution in [-0.4, -0.2) is 28.4 Å². The van der Waals surface area contributed by atoms with Gasteiger partial charge in [0.05, 0.1) is 6.21 Å². The van der Waals surface area contributed by atoms with Gasteiger partial charge in [0.2, 0.25) is 11.8 Å². The topological polar surface area (TPSA) is 96.1 Å². The van der Waals surface area contributed by atoms with Crippen LogP contribution in [0.2, 0.25) is 0 Å². The van der Waals surface area contributed by atoms with Crippen molar-refractivity contribution in [2.75, 3.05) is 5.32 Å². The normalized spacial score (nSPS) is 17.3. The van der Waals surface area contributed by atoms with E-state index >= 15 is 0 Å². The quantitative estimate of drug-likeness (QED) is 0.383. The zero-order valence-electron chi connectivity index (χ0n) is 16.1. The second-order valence-corrected chi connectivity index (χ2v) is 8.68. The third-order valence-electron chi connectivity index (χ3n) is 4.29. The lowest BCUT2D eigenvalue weighted by Crippen LogP contribution is -2.28. The van der Waals surface area contributed by atoms with E-state index in [4.69, 9.17) is 4.42 Å². The fraction of sp³-hybridized carbons (Fsp3) is 0.0909. The van der Waals surface area contributed by atoms with Crippen LogP contribution in [0.15, 0.2) is 85.8 Å². The fourth-order valence-electron chi connectivity index (χ4n) is 2.82.